The predicted octanol–water partition coefficient (Wildman–Crippen LogP) is 3.96. The Bertz CT molecular complexity index is 815. The van der Waals surface area contributed by atoms with E-state index in [9.17, 15) is 9.59 Å². The summed E-state index contributed by atoms with van der Waals surface area (Å²) in [5, 5.41) is 2.96. The molecule has 5 heteroatoms. The van der Waals surface area contributed by atoms with Crippen LogP contribution in [0.5, 0.6) is 5.75 Å². The fourth-order valence-corrected chi connectivity index (χ4v) is 3.39. The molecular weight excluding hydrogens is 340 g/mol. The van der Waals surface area contributed by atoms with Crippen LogP contribution in [-0.2, 0) is 22.4 Å². The van der Waals surface area contributed by atoms with Crippen molar-refractivity contribution in [3.63, 3.8) is 0 Å². The van der Waals surface area contributed by atoms with E-state index in [1.54, 1.807) is 0 Å². The third kappa shape index (κ3) is 4.67. The van der Waals surface area contributed by atoms with E-state index in [4.69, 9.17) is 4.74 Å². The van der Waals surface area contributed by atoms with Crippen molar-refractivity contribution in [2.45, 2.75) is 39.5 Å². The number of carbonyl (C=O) groups excluding carboxylic acids is 2. The van der Waals surface area contributed by atoms with Crippen molar-refractivity contribution in [3.8, 4) is 5.75 Å². The number of ether oxygens (including phenoxy) is 1. The van der Waals surface area contributed by atoms with Gasteiger partial charge in [0.05, 0.1) is 13.0 Å². The lowest BCUT2D eigenvalue weighted by molar-refractivity contribution is -0.118. The Morgan fingerprint density at radius 1 is 1.11 bits per heavy atom. The average Bonchev–Trinajstić information content (AvgIpc) is 2.68. The first kappa shape index (κ1) is 19.0. The molecule has 3 rings (SSSR count). The van der Waals surface area contributed by atoms with Gasteiger partial charge in [-0.15, -0.1) is 0 Å². The fourth-order valence-electron chi connectivity index (χ4n) is 3.39. The number of fused-ring (bicyclic) bond motifs is 1. The Kier molecular flexibility index (Phi) is 6.12. The third-order valence-electron chi connectivity index (χ3n) is 4.68. The quantitative estimate of drug-likeness (QED) is 0.842. The van der Waals surface area contributed by atoms with E-state index >= 15 is 0 Å². The first-order chi connectivity index (χ1) is 13.1. The second-order valence-electron chi connectivity index (χ2n) is 6.65. The minimum Gasteiger partial charge on any atom is -0.494 e. The number of amides is 2. The van der Waals surface area contributed by atoms with Crippen molar-refractivity contribution >= 4 is 23.2 Å². The predicted molar refractivity (Wildman–Crippen MR) is 107 cm³/mol. The molecule has 0 atom stereocenters. The highest BCUT2D eigenvalue weighted by Gasteiger charge is 2.21. The van der Waals surface area contributed by atoms with E-state index in [-0.39, 0.29) is 11.8 Å². The summed E-state index contributed by atoms with van der Waals surface area (Å²) in [7, 11) is 0. The number of anilines is 2. The minimum atomic E-state index is -0.0589. The highest BCUT2D eigenvalue weighted by molar-refractivity contribution is 5.96. The molecular formula is C22H26N2O3. The Labute approximate surface area is 160 Å². The van der Waals surface area contributed by atoms with Crippen LogP contribution in [-0.4, -0.2) is 25.0 Å². The molecule has 0 saturated carbocycles. The number of nitrogens with one attached hydrogen (secondary N) is 1. The molecule has 1 aliphatic rings. The number of nitrogens with zero attached hydrogens (tertiary/aromatic N) is 1. The fraction of sp³-hybridized carbons (Fsp3) is 0.364. The number of aryl methyl sites for hydroxylation is 1. The topological polar surface area (TPSA) is 58.6 Å². The first-order valence-electron chi connectivity index (χ1n) is 9.55. The standard InChI is InChI=1S/C22H26N2O3/c1-3-22(26)24-13-5-6-17-15-18(9-12-20(17)24)23-21(25)14-16-7-10-19(11-8-16)27-4-2/h7-12,15H,3-6,13-14H2,1-2H3,(H,23,25). The lowest BCUT2D eigenvalue weighted by Crippen LogP contribution is -2.34. The molecule has 0 radical (unpaired) electrons. The van der Waals surface area contributed by atoms with Crippen molar-refractivity contribution in [3.05, 3.63) is 53.6 Å². The summed E-state index contributed by atoms with van der Waals surface area (Å²) in [6.45, 7) is 5.21. The molecule has 1 heterocycles. The van der Waals surface area contributed by atoms with Crippen molar-refractivity contribution in [1.82, 2.24) is 0 Å². The SMILES string of the molecule is CCOc1ccc(CC(=O)Nc2ccc3c(c2)CCCN3C(=O)CC)cc1. The largest absolute Gasteiger partial charge is 0.494 e. The van der Waals surface area contributed by atoms with Crippen LogP contribution in [0.15, 0.2) is 42.5 Å². The maximum absolute atomic E-state index is 12.4. The number of benzene rings is 2. The van der Waals surface area contributed by atoms with Crippen molar-refractivity contribution in [2.75, 3.05) is 23.4 Å². The van der Waals surface area contributed by atoms with Gasteiger partial charge >= 0.3 is 0 Å². The molecule has 0 aliphatic carbocycles. The number of rotatable bonds is 6. The summed E-state index contributed by atoms with van der Waals surface area (Å²) in [6, 6.07) is 13.4. The van der Waals surface area contributed by atoms with Gasteiger partial charge < -0.3 is 15.0 Å². The summed E-state index contributed by atoms with van der Waals surface area (Å²) in [6.07, 6.45) is 2.68. The van der Waals surface area contributed by atoms with Gasteiger partial charge in [-0.1, -0.05) is 19.1 Å². The molecule has 142 valence electrons. The van der Waals surface area contributed by atoms with Crippen molar-refractivity contribution < 1.29 is 14.3 Å². The molecule has 2 aromatic carbocycles. The molecule has 0 bridgehead atoms. The van der Waals surface area contributed by atoms with Gasteiger partial charge in [0.2, 0.25) is 11.8 Å². The Balaban J connectivity index is 1.65. The van der Waals surface area contributed by atoms with Gasteiger partial charge in [-0.3, -0.25) is 9.59 Å². The van der Waals surface area contributed by atoms with E-state index < -0.39 is 0 Å². The van der Waals surface area contributed by atoms with Crippen LogP contribution in [0, 0.1) is 0 Å². The zero-order valence-electron chi connectivity index (χ0n) is 16.0. The van der Waals surface area contributed by atoms with E-state index in [0.717, 1.165) is 47.6 Å². The van der Waals surface area contributed by atoms with Crippen LogP contribution in [0.3, 0.4) is 0 Å². The zero-order chi connectivity index (χ0) is 19.2. The average molecular weight is 366 g/mol. The Morgan fingerprint density at radius 2 is 1.89 bits per heavy atom. The molecule has 0 unspecified atom stereocenters. The maximum Gasteiger partial charge on any atom is 0.228 e. The van der Waals surface area contributed by atoms with E-state index in [1.807, 2.05) is 61.2 Å². The van der Waals surface area contributed by atoms with E-state index in [1.165, 1.54) is 0 Å². The van der Waals surface area contributed by atoms with Crippen LogP contribution in [0.4, 0.5) is 11.4 Å². The summed E-state index contributed by atoms with van der Waals surface area (Å²) < 4.78 is 5.42. The molecule has 27 heavy (non-hydrogen) atoms. The lowest BCUT2D eigenvalue weighted by Gasteiger charge is -2.29. The number of carbonyl (C=O) groups is 2. The van der Waals surface area contributed by atoms with Gasteiger partial charge in [0.25, 0.3) is 0 Å². The highest BCUT2D eigenvalue weighted by atomic mass is 16.5. The van der Waals surface area contributed by atoms with Crippen LogP contribution in [0.2, 0.25) is 0 Å². The van der Waals surface area contributed by atoms with Crippen LogP contribution in [0.1, 0.15) is 37.8 Å². The van der Waals surface area contributed by atoms with E-state index in [0.29, 0.717) is 19.4 Å². The summed E-state index contributed by atoms with van der Waals surface area (Å²) >= 11 is 0. The van der Waals surface area contributed by atoms with Gasteiger partial charge in [0.15, 0.2) is 0 Å². The molecule has 0 saturated heterocycles. The van der Waals surface area contributed by atoms with Gasteiger partial charge in [0.1, 0.15) is 5.75 Å². The van der Waals surface area contributed by atoms with Crippen molar-refractivity contribution in [2.24, 2.45) is 0 Å². The summed E-state index contributed by atoms with van der Waals surface area (Å²) in [5.41, 5.74) is 3.80. The van der Waals surface area contributed by atoms with Crippen LogP contribution < -0.4 is 15.0 Å². The van der Waals surface area contributed by atoms with Gasteiger partial charge in [0, 0.05) is 24.3 Å². The molecule has 0 spiro atoms. The Hall–Kier alpha value is -2.82. The molecule has 1 aliphatic heterocycles. The monoisotopic (exact) mass is 366 g/mol. The van der Waals surface area contributed by atoms with Gasteiger partial charge in [-0.2, -0.15) is 0 Å². The Morgan fingerprint density at radius 3 is 2.59 bits per heavy atom. The minimum absolute atomic E-state index is 0.0589. The second kappa shape index (κ2) is 8.71. The molecule has 1 N–H and O–H groups in total. The molecule has 0 aromatic heterocycles. The molecule has 0 fully saturated rings. The molecule has 2 amide bonds. The van der Waals surface area contributed by atoms with E-state index in [2.05, 4.69) is 5.32 Å². The third-order valence-corrected chi connectivity index (χ3v) is 4.68. The van der Waals surface area contributed by atoms with Crippen LogP contribution in [0.25, 0.3) is 0 Å². The number of hydrogen-bond acceptors (Lipinski definition) is 3. The second-order valence-corrected chi connectivity index (χ2v) is 6.65. The van der Waals surface area contributed by atoms with Crippen LogP contribution >= 0.6 is 0 Å². The highest BCUT2D eigenvalue weighted by Crippen LogP contribution is 2.30. The van der Waals surface area contributed by atoms with Crippen molar-refractivity contribution in [1.29, 1.82) is 0 Å². The number of hydrogen-bond donors (Lipinski definition) is 1. The first-order valence-corrected chi connectivity index (χ1v) is 9.55. The van der Waals surface area contributed by atoms with Gasteiger partial charge in [-0.25, -0.2) is 0 Å². The maximum atomic E-state index is 12.4. The smallest absolute Gasteiger partial charge is 0.228 e. The summed E-state index contributed by atoms with van der Waals surface area (Å²) in [5.74, 6) is 0.891. The lowest BCUT2D eigenvalue weighted by atomic mass is 10.0. The summed E-state index contributed by atoms with van der Waals surface area (Å²) in [4.78, 5) is 26.3. The normalized spacial score (nSPS) is 13.0. The zero-order valence-corrected chi connectivity index (χ0v) is 16.0. The molecule has 5 nitrogen and oxygen atoms in total. The molecule has 2 aromatic rings. The van der Waals surface area contributed by atoms with Gasteiger partial charge in [-0.05, 0) is 61.2 Å².